The van der Waals surface area contributed by atoms with Crippen LogP contribution in [0.2, 0.25) is 0 Å². The predicted molar refractivity (Wildman–Crippen MR) is 75.7 cm³/mol. The van der Waals surface area contributed by atoms with Gasteiger partial charge in [0, 0.05) is 0 Å². The molecule has 1 amide bonds. The van der Waals surface area contributed by atoms with Gasteiger partial charge in [0.2, 0.25) is 5.91 Å². The SMILES string of the molecule is CC1(C)C(=O)N(c2c[c-]ccc2)C1c1ccccc1.[Li+]. The summed E-state index contributed by atoms with van der Waals surface area (Å²) in [6, 6.07) is 20.9. The van der Waals surface area contributed by atoms with Crippen molar-refractivity contribution < 1.29 is 23.7 Å². The number of nitrogens with zero attached hydrogens (tertiary/aromatic N) is 1. The third-order valence-electron chi connectivity index (χ3n) is 3.80. The molecule has 3 rings (SSSR count). The van der Waals surface area contributed by atoms with Gasteiger partial charge in [-0.3, -0.25) is 4.79 Å². The maximum Gasteiger partial charge on any atom is 1.00 e. The van der Waals surface area contributed by atoms with Gasteiger partial charge in [-0.1, -0.05) is 36.0 Å². The van der Waals surface area contributed by atoms with E-state index in [0.717, 1.165) is 5.69 Å². The zero-order chi connectivity index (χ0) is 13.5. The Morgan fingerprint density at radius 3 is 2.40 bits per heavy atom. The Morgan fingerprint density at radius 2 is 1.80 bits per heavy atom. The Bertz CT molecular complexity index is 595. The van der Waals surface area contributed by atoms with Crippen LogP contribution in [0.4, 0.5) is 5.69 Å². The maximum absolute atomic E-state index is 12.4. The molecule has 1 aliphatic heterocycles. The number of carbonyl (C=O) groups is 1. The number of hydrogen-bond donors (Lipinski definition) is 0. The maximum atomic E-state index is 12.4. The van der Waals surface area contributed by atoms with E-state index < -0.39 is 0 Å². The number of benzene rings is 2. The third-order valence-corrected chi connectivity index (χ3v) is 3.80. The zero-order valence-corrected chi connectivity index (χ0v) is 12.1. The van der Waals surface area contributed by atoms with Gasteiger partial charge in [0.05, 0.1) is 11.5 Å². The summed E-state index contributed by atoms with van der Waals surface area (Å²) < 4.78 is 0. The van der Waals surface area contributed by atoms with Gasteiger partial charge in [0.1, 0.15) is 0 Å². The molecule has 2 nitrogen and oxygen atoms in total. The van der Waals surface area contributed by atoms with Crippen molar-refractivity contribution in [1.29, 1.82) is 0 Å². The van der Waals surface area contributed by atoms with E-state index in [1.165, 1.54) is 5.56 Å². The van der Waals surface area contributed by atoms with Gasteiger partial charge in [0.15, 0.2) is 0 Å². The van der Waals surface area contributed by atoms with Crippen LogP contribution >= 0.6 is 0 Å². The van der Waals surface area contributed by atoms with Crippen LogP contribution in [0, 0.1) is 11.5 Å². The molecule has 0 spiro atoms. The van der Waals surface area contributed by atoms with Crippen molar-refractivity contribution in [2.24, 2.45) is 5.41 Å². The van der Waals surface area contributed by atoms with Crippen LogP contribution in [0.5, 0.6) is 0 Å². The smallest absolute Gasteiger partial charge is 0.358 e. The first-order valence-corrected chi connectivity index (χ1v) is 6.47. The molecule has 1 fully saturated rings. The monoisotopic (exact) mass is 257 g/mol. The largest absolute Gasteiger partial charge is 1.00 e. The number of carbonyl (C=O) groups excluding carboxylic acids is 1. The number of β-lactam (4-membered cyclic amide) rings is 1. The van der Waals surface area contributed by atoms with Gasteiger partial charge in [-0.05, 0) is 19.4 Å². The molecule has 0 bridgehead atoms. The van der Waals surface area contributed by atoms with E-state index in [9.17, 15) is 4.79 Å². The second kappa shape index (κ2) is 5.48. The fourth-order valence-electron chi connectivity index (χ4n) is 2.80. The zero-order valence-electron chi connectivity index (χ0n) is 12.1. The molecule has 2 aromatic carbocycles. The summed E-state index contributed by atoms with van der Waals surface area (Å²) >= 11 is 0. The van der Waals surface area contributed by atoms with Crippen molar-refractivity contribution in [3.8, 4) is 0 Å². The first-order valence-electron chi connectivity index (χ1n) is 6.47. The van der Waals surface area contributed by atoms with Gasteiger partial charge in [0.25, 0.3) is 0 Å². The quantitative estimate of drug-likeness (QED) is 0.438. The summed E-state index contributed by atoms with van der Waals surface area (Å²) in [4.78, 5) is 14.2. The molecule has 1 unspecified atom stereocenters. The molecule has 0 radical (unpaired) electrons. The molecule has 1 atom stereocenters. The van der Waals surface area contributed by atoms with Gasteiger partial charge in [-0.2, -0.15) is 24.3 Å². The molecule has 20 heavy (non-hydrogen) atoms. The van der Waals surface area contributed by atoms with Crippen LogP contribution in [0.15, 0.2) is 54.6 Å². The van der Waals surface area contributed by atoms with Crippen LogP contribution < -0.4 is 23.8 Å². The van der Waals surface area contributed by atoms with Gasteiger partial charge < -0.3 is 4.90 Å². The summed E-state index contributed by atoms with van der Waals surface area (Å²) in [6.45, 7) is 4.02. The predicted octanol–water partition coefficient (Wildman–Crippen LogP) is 0.605. The van der Waals surface area contributed by atoms with Crippen molar-refractivity contribution in [1.82, 2.24) is 0 Å². The normalized spacial score (nSPS) is 20.0. The summed E-state index contributed by atoms with van der Waals surface area (Å²) in [5.41, 5.74) is 1.74. The van der Waals surface area contributed by atoms with Crippen molar-refractivity contribution in [2.45, 2.75) is 19.9 Å². The molecule has 2 aromatic rings. The standard InChI is InChI=1S/C17H16NO.Li/c1-17(2)15(13-9-5-3-6-10-13)18(16(17)19)14-11-7-4-8-12-14;/h3-7,9-12,15H,1-2H3;/q-1;+1. The van der Waals surface area contributed by atoms with Crippen LogP contribution in [0.25, 0.3) is 0 Å². The molecular weight excluding hydrogens is 241 g/mol. The van der Waals surface area contributed by atoms with E-state index in [4.69, 9.17) is 0 Å². The summed E-state index contributed by atoms with van der Waals surface area (Å²) in [6.07, 6.45) is 0. The van der Waals surface area contributed by atoms with Gasteiger partial charge >= 0.3 is 18.9 Å². The molecule has 0 N–H and O–H groups in total. The Balaban J connectivity index is 0.00000147. The average molecular weight is 257 g/mol. The minimum absolute atomic E-state index is 0. The minimum Gasteiger partial charge on any atom is -0.358 e. The van der Waals surface area contributed by atoms with Crippen LogP contribution in [0.1, 0.15) is 25.5 Å². The second-order valence-corrected chi connectivity index (χ2v) is 5.47. The average Bonchev–Trinajstić information content (AvgIpc) is 2.45. The molecule has 0 aliphatic carbocycles. The van der Waals surface area contributed by atoms with Crippen LogP contribution in [0.3, 0.4) is 0 Å². The number of hydrogen-bond acceptors (Lipinski definition) is 1. The Labute approximate surface area is 132 Å². The number of rotatable bonds is 2. The molecule has 0 saturated carbocycles. The fraction of sp³-hybridized carbons (Fsp3) is 0.235. The van der Waals surface area contributed by atoms with Gasteiger partial charge in [-0.15, -0.1) is 6.07 Å². The van der Waals surface area contributed by atoms with E-state index in [1.807, 2.05) is 61.2 Å². The summed E-state index contributed by atoms with van der Waals surface area (Å²) in [5.74, 6) is 0.168. The second-order valence-electron chi connectivity index (χ2n) is 5.47. The topological polar surface area (TPSA) is 20.3 Å². The van der Waals surface area contributed by atoms with Crippen LogP contribution in [-0.2, 0) is 4.79 Å². The first-order chi connectivity index (χ1) is 9.12. The molecule has 3 heteroatoms. The van der Waals surface area contributed by atoms with E-state index in [-0.39, 0.29) is 36.2 Å². The van der Waals surface area contributed by atoms with Crippen LogP contribution in [-0.4, -0.2) is 5.91 Å². The molecule has 1 saturated heterocycles. The molecule has 1 aliphatic rings. The fourth-order valence-corrected chi connectivity index (χ4v) is 2.80. The summed E-state index contributed by atoms with van der Waals surface area (Å²) in [5, 5.41) is 0. The third kappa shape index (κ3) is 2.20. The van der Waals surface area contributed by atoms with E-state index in [0.29, 0.717) is 0 Å². The summed E-state index contributed by atoms with van der Waals surface area (Å²) in [7, 11) is 0. The molecular formula is C17H16LiNO. The molecule has 96 valence electrons. The van der Waals surface area contributed by atoms with E-state index in [2.05, 4.69) is 18.2 Å². The number of amides is 1. The Hall–Kier alpha value is -1.49. The van der Waals surface area contributed by atoms with E-state index in [1.54, 1.807) is 0 Å². The number of anilines is 1. The Kier molecular flexibility index (Phi) is 4.08. The van der Waals surface area contributed by atoms with Crippen molar-refractivity contribution in [2.75, 3.05) is 4.90 Å². The minimum atomic E-state index is -0.350. The van der Waals surface area contributed by atoms with Gasteiger partial charge in [-0.25, -0.2) is 0 Å². The first kappa shape index (κ1) is 14.9. The molecule has 0 aromatic heterocycles. The molecule has 1 heterocycles. The van der Waals surface area contributed by atoms with Crippen molar-refractivity contribution in [3.63, 3.8) is 0 Å². The Morgan fingerprint density at radius 1 is 1.10 bits per heavy atom. The van der Waals surface area contributed by atoms with Crippen molar-refractivity contribution >= 4 is 11.6 Å². The van der Waals surface area contributed by atoms with E-state index >= 15 is 0 Å². The van der Waals surface area contributed by atoms with Crippen molar-refractivity contribution in [3.05, 3.63) is 66.2 Å².